The van der Waals surface area contributed by atoms with Crippen molar-refractivity contribution in [2.45, 2.75) is 57.5 Å². The molecule has 3 heteroatoms. The van der Waals surface area contributed by atoms with Gasteiger partial charge in [0, 0.05) is 19.5 Å². The molecule has 1 unspecified atom stereocenters. The first-order valence-electron chi connectivity index (χ1n) is 6.34. The van der Waals surface area contributed by atoms with E-state index in [1.807, 2.05) is 0 Å². The van der Waals surface area contributed by atoms with E-state index in [2.05, 4.69) is 17.1 Å². The highest BCUT2D eigenvalue weighted by molar-refractivity contribution is 5.80. The predicted octanol–water partition coefficient (Wildman–Crippen LogP) is 1.88. The van der Waals surface area contributed by atoms with Crippen LogP contribution >= 0.6 is 0 Å². The minimum Gasteiger partial charge on any atom is -0.323 e. The third kappa shape index (κ3) is 2.03. The molecule has 3 nitrogen and oxygen atoms in total. The van der Waals surface area contributed by atoms with Gasteiger partial charge in [-0.3, -0.25) is 10.1 Å². The highest BCUT2D eigenvalue weighted by atomic mass is 16.2. The van der Waals surface area contributed by atoms with E-state index < -0.39 is 0 Å². The van der Waals surface area contributed by atoms with E-state index in [1.165, 1.54) is 25.7 Å². The lowest BCUT2D eigenvalue weighted by atomic mass is 9.99. The topological polar surface area (TPSA) is 32.3 Å². The fraction of sp³-hybridized carbons (Fsp3) is 0.917. The second-order valence-electron chi connectivity index (χ2n) is 4.81. The van der Waals surface area contributed by atoms with Crippen LogP contribution < -0.4 is 5.32 Å². The van der Waals surface area contributed by atoms with Gasteiger partial charge in [-0.2, -0.15) is 0 Å². The van der Waals surface area contributed by atoms with Gasteiger partial charge in [-0.1, -0.05) is 26.2 Å². The van der Waals surface area contributed by atoms with E-state index in [4.69, 9.17) is 0 Å². The molecule has 1 N–H and O–H groups in total. The van der Waals surface area contributed by atoms with Crippen molar-refractivity contribution in [1.29, 1.82) is 0 Å². The summed E-state index contributed by atoms with van der Waals surface area (Å²) in [5, 5.41) is 3.54. The fourth-order valence-corrected chi connectivity index (χ4v) is 2.94. The molecule has 0 aromatic carbocycles. The molecule has 2 heterocycles. The summed E-state index contributed by atoms with van der Waals surface area (Å²) < 4.78 is 0. The van der Waals surface area contributed by atoms with Crippen molar-refractivity contribution in [2.75, 3.05) is 13.1 Å². The Labute approximate surface area is 92.2 Å². The van der Waals surface area contributed by atoms with Crippen molar-refractivity contribution >= 4 is 5.91 Å². The van der Waals surface area contributed by atoms with Crippen LogP contribution in [0.15, 0.2) is 0 Å². The number of nitrogens with one attached hydrogen (secondary N) is 1. The summed E-state index contributed by atoms with van der Waals surface area (Å²) in [6.07, 6.45) is 8.09. The average Bonchev–Trinajstić information content (AvgIpc) is 2.76. The number of amides is 1. The fourth-order valence-electron chi connectivity index (χ4n) is 2.94. The third-order valence-corrected chi connectivity index (χ3v) is 3.80. The van der Waals surface area contributed by atoms with E-state index in [1.54, 1.807) is 0 Å². The Balaban J connectivity index is 1.86. The van der Waals surface area contributed by atoms with E-state index in [-0.39, 0.29) is 5.66 Å². The van der Waals surface area contributed by atoms with Gasteiger partial charge in [0.1, 0.15) is 0 Å². The minimum atomic E-state index is 0.0603. The first-order valence-corrected chi connectivity index (χ1v) is 6.34. The van der Waals surface area contributed by atoms with Crippen LogP contribution in [0.1, 0.15) is 51.9 Å². The first kappa shape index (κ1) is 10.9. The van der Waals surface area contributed by atoms with Crippen molar-refractivity contribution in [3.05, 3.63) is 0 Å². The van der Waals surface area contributed by atoms with Gasteiger partial charge in [0.25, 0.3) is 0 Å². The minimum absolute atomic E-state index is 0.0603. The zero-order chi connectivity index (χ0) is 10.7. The molecular formula is C12H22N2O. The summed E-state index contributed by atoms with van der Waals surface area (Å²) in [6, 6.07) is 0. The number of rotatable bonds is 5. The molecule has 0 aliphatic carbocycles. The van der Waals surface area contributed by atoms with Gasteiger partial charge in [-0.05, 0) is 19.3 Å². The van der Waals surface area contributed by atoms with Crippen molar-refractivity contribution < 1.29 is 4.79 Å². The van der Waals surface area contributed by atoms with Crippen molar-refractivity contribution in [1.82, 2.24) is 10.2 Å². The molecule has 0 spiro atoms. The molecule has 2 fully saturated rings. The standard InChI is InChI=1S/C12H22N2O/c1-2-3-4-5-7-12-8-6-11(15)14(12)10-9-13-12/h13H,2-10H2,1H3. The quantitative estimate of drug-likeness (QED) is 0.703. The summed E-state index contributed by atoms with van der Waals surface area (Å²) in [7, 11) is 0. The van der Waals surface area contributed by atoms with Gasteiger partial charge < -0.3 is 4.90 Å². The normalized spacial score (nSPS) is 29.9. The van der Waals surface area contributed by atoms with E-state index in [0.29, 0.717) is 5.91 Å². The predicted molar refractivity (Wildman–Crippen MR) is 60.4 cm³/mol. The Bertz CT molecular complexity index is 242. The summed E-state index contributed by atoms with van der Waals surface area (Å²) in [5.41, 5.74) is 0.0603. The number of carbonyl (C=O) groups excluding carboxylic acids is 1. The first-order chi connectivity index (χ1) is 7.28. The van der Waals surface area contributed by atoms with Crippen LogP contribution in [0, 0.1) is 0 Å². The lowest BCUT2D eigenvalue weighted by Gasteiger charge is -2.32. The maximum absolute atomic E-state index is 11.6. The van der Waals surface area contributed by atoms with Crippen molar-refractivity contribution in [3.63, 3.8) is 0 Å². The summed E-state index contributed by atoms with van der Waals surface area (Å²) in [4.78, 5) is 13.7. The largest absolute Gasteiger partial charge is 0.323 e. The second kappa shape index (κ2) is 4.52. The van der Waals surface area contributed by atoms with Crippen LogP contribution in [-0.4, -0.2) is 29.6 Å². The lowest BCUT2D eigenvalue weighted by molar-refractivity contribution is -0.130. The van der Waals surface area contributed by atoms with Gasteiger partial charge in [-0.15, -0.1) is 0 Å². The summed E-state index contributed by atoms with van der Waals surface area (Å²) in [5.74, 6) is 0.357. The number of hydrogen-bond donors (Lipinski definition) is 1. The van der Waals surface area contributed by atoms with Crippen molar-refractivity contribution in [2.24, 2.45) is 0 Å². The van der Waals surface area contributed by atoms with Crippen molar-refractivity contribution in [3.8, 4) is 0 Å². The van der Waals surface area contributed by atoms with Crippen LogP contribution in [-0.2, 0) is 4.79 Å². The van der Waals surface area contributed by atoms with E-state index in [0.717, 1.165) is 32.4 Å². The molecule has 1 amide bonds. The van der Waals surface area contributed by atoms with Gasteiger partial charge >= 0.3 is 0 Å². The summed E-state index contributed by atoms with van der Waals surface area (Å²) in [6.45, 7) is 4.14. The number of hydrogen-bond acceptors (Lipinski definition) is 2. The van der Waals surface area contributed by atoms with Gasteiger partial charge in [0.2, 0.25) is 5.91 Å². The Kier molecular flexibility index (Phi) is 3.29. The number of nitrogens with zero attached hydrogens (tertiary/aromatic N) is 1. The molecule has 1 atom stereocenters. The van der Waals surface area contributed by atoms with Crippen LogP contribution in [0.25, 0.3) is 0 Å². The molecule has 0 aromatic heterocycles. The van der Waals surface area contributed by atoms with Crippen LogP contribution in [0.4, 0.5) is 0 Å². The molecule has 86 valence electrons. The monoisotopic (exact) mass is 210 g/mol. The number of carbonyl (C=O) groups is 1. The Morgan fingerprint density at radius 2 is 2.27 bits per heavy atom. The molecule has 2 aliphatic rings. The second-order valence-corrected chi connectivity index (χ2v) is 4.81. The molecule has 0 aromatic rings. The average molecular weight is 210 g/mol. The Hall–Kier alpha value is -0.570. The molecular weight excluding hydrogens is 188 g/mol. The molecule has 2 aliphatic heterocycles. The molecule has 15 heavy (non-hydrogen) atoms. The Morgan fingerprint density at radius 3 is 3.07 bits per heavy atom. The van der Waals surface area contributed by atoms with Gasteiger partial charge in [-0.25, -0.2) is 0 Å². The van der Waals surface area contributed by atoms with E-state index in [9.17, 15) is 4.79 Å². The lowest BCUT2D eigenvalue weighted by Crippen LogP contribution is -2.48. The van der Waals surface area contributed by atoms with Crippen LogP contribution in [0.3, 0.4) is 0 Å². The highest BCUT2D eigenvalue weighted by Gasteiger charge is 2.47. The molecule has 0 radical (unpaired) electrons. The number of fused-ring (bicyclic) bond motifs is 1. The maximum Gasteiger partial charge on any atom is 0.224 e. The van der Waals surface area contributed by atoms with Gasteiger partial charge in [0.15, 0.2) is 0 Å². The SMILES string of the molecule is CCCCCCC12CCC(=O)N1CCN2. The molecule has 2 saturated heterocycles. The zero-order valence-electron chi connectivity index (χ0n) is 9.72. The maximum atomic E-state index is 11.6. The zero-order valence-corrected chi connectivity index (χ0v) is 9.72. The highest BCUT2D eigenvalue weighted by Crippen LogP contribution is 2.35. The summed E-state index contributed by atoms with van der Waals surface area (Å²) >= 11 is 0. The van der Waals surface area contributed by atoms with Crippen LogP contribution in [0.2, 0.25) is 0 Å². The third-order valence-electron chi connectivity index (χ3n) is 3.80. The smallest absolute Gasteiger partial charge is 0.224 e. The number of unbranched alkanes of at least 4 members (excludes halogenated alkanes) is 3. The van der Waals surface area contributed by atoms with Crippen LogP contribution in [0.5, 0.6) is 0 Å². The molecule has 0 saturated carbocycles. The molecule has 2 rings (SSSR count). The van der Waals surface area contributed by atoms with E-state index >= 15 is 0 Å². The van der Waals surface area contributed by atoms with Gasteiger partial charge in [0.05, 0.1) is 5.66 Å². The Morgan fingerprint density at radius 1 is 1.40 bits per heavy atom. The molecule has 0 bridgehead atoms.